The third kappa shape index (κ3) is 1.97. The molecule has 0 spiro atoms. The standard InChI is InChI=1S/C17H23N3/c1-11(2)13-6-5-12(3)14(9-13)17(4)16-15(7-8-20-17)18-10-19-16/h5-6,9-11,20H,7-8H2,1-4H3,(H,18,19). The van der Waals surface area contributed by atoms with Crippen LogP contribution in [0.2, 0.25) is 0 Å². The van der Waals surface area contributed by atoms with Crippen molar-refractivity contribution in [1.29, 1.82) is 0 Å². The van der Waals surface area contributed by atoms with Crippen LogP contribution >= 0.6 is 0 Å². The van der Waals surface area contributed by atoms with Gasteiger partial charge < -0.3 is 10.3 Å². The minimum atomic E-state index is -0.192. The topological polar surface area (TPSA) is 40.7 Å². The average molecular weight is 269 g/mol. The molecule has 0 amide bonds. The molecule has 0 aliphatic carbocycles. The van der Waals surface area contributed by atoms with E-state index in [1.807, 2.05) is 6.33 Å². The number of nitrogens with zero attached hydrogens (tertiary/aromatic N) is 1. The fourth-order valence-electron chi connectivity index (χ4n) is 3.22. The Morgan fingerprint density at radius 3 is 2.85 bits per heavy atom. The molecule has 0 bridgehead atoms. The van der Waals surface area contributed by atoms with Crippen LogP contribution < -0.4 is 5.32 Å². The first kappa shape index (κ1) is 13.4. The van der Waals surface area contributed by atoms with E-state index in [9.17, 15) is 0 Å². The van der Waals surface area contributed by atoms with E-state index < -0.39 is 0 Å². The Bertz CT molecular complexity index is 627. The summed E-state index contributed by atoms with van der Waals surface area (Å²) in [5, 5.41) is 3.68. The second kappa shape index (κ2) is 4.74. The van der Waals surface area contributed by atoms with Gasteiger partial charge >= 0.3 is 0 Å². The summed E-state index contributed by atoms with van der Waals surface area (Å²) in [5.74, 6) is 0.542. The number of aryl methyl sites for hydroxylation is 1. The second-order valence-electron chi connectivity index (χ2n) is 6.26. The summed E-state index contributed by atoms with van der Waals surface area (Å²) in [6.45, 7) is 9.90. The predicted molar refractivity (Wildman–Crippen MR) is 82.0 cm³/mol. The largest absolute Gasteiger partial charge is 0.348 e. The molecular weight excluding hydrogens is 246 g/mol. The molecule has 3 nitrogen and oxygen atoms in total. The summed E-state index contributed by atoms with van der Waals surface area (Å²) in [6, 6.07) is 6.82. The van der Waals surface area contributed by atoms with Crippen LogP contribution in [-0.2, 0) is 12.0 Å². The number of fused-ring (bicyclic) bond motifs is 1. The van der Waals surface area contributed by atoms with Crippen LogP contribution in [0, 0.1) is 6.92 Å². The Morgan fingerprint density at radius 2 is 2.10 bits per heavy atom. The lowest BCUT2D eigenvalue weighted by molar-refractivity contribution is 0.401. The molecule has 106 valence electrons. The number of benzene rings is 1. The molecule has 2 heterocycles. The molecule has 1 aliphatic heterocycles. The first-order chi connectivity index (χ1) is 9.52. The molecule has 0 fully saturated rings. The number of aromatic nitrogens is 2. The lowest BCUT2D eigenvalue weighted by atomic mass is 9.80. The van der Waals surface area contributed by atoms with Gasteiger partial charge in [-0.3, -0.25) is 0 Å². The first-order valence-corrected chi connectivity index (χ1v) is 7.41. The van der Waals surface area contributed by atoms with Crippen LogP contribution in [0.5, 0.6) is 0 Å². The number of H-pyrrole nitrogens is 1. The van der Waals surface area contributed by atoms with Gasteiger partial charge in [0.25, 0.3) is 0 Å². The molecule has 20 heavy (non-hydrogen) atoms. The number of imidazole rings is 1. The third-order valence-corrected chi connectivity index (χ3v) is 4.51. The molecule has 0 radical (unpaired) electrons. The Labute approximate surface area is 120 Å². The number of nitrogens with one attached hydrogen (secondary N) is 2. The summed E-state index contributed by atoms with van der Waals surface area (Å²) in [6.07, 6.45) is 2.84. The second-order valence-corrected chi connectivity index (χ2v) is 6.26. The molecule has 1 atom stereocenters. The SMILES string of the molecule is Cc1ccc(C(C)C)cc1C1(C)NCCc2[nH]cnc21. The van der Waals surface area contributed by atoms with Gasteiger partial charge in [-0.1, -0.05) is 32.0 Å². The van der Waals surface area contributed by atoms with E-state index in [0.29, 0.717) is 5.92 Å². The molecule has 2 aromatic rings. The van der Waals surface area contributed by atoms with Gasteiger partial charge in [-0.25, -0.2) is 4.98 Å². The molecular formula is C17H23N3. The van der Waals surface area contributed by atoms with Gasteiger partial charge in [0.15, 0.2) is 0 Å². The fraction of sp³-hybridized carbons (Fsp3) is 0.471. The molecule has 0 saturated carbocycles. The van der Waals surface area contributed by atoms with Crippen molar-refractivity contribution >= 4 is 0 Å². The van der Waals surface area contributed by atoms with Crippen molar-refractivity contribution in [2.24, 2.45) is 0 Å². The van der Waals surface area contributed by atoms with E-state index >= 15 is 0 Å². The number of aromatic amines is 1. The molecule has 1 aromatic heterocycles. The van der Waals surface area contributed by atoms with Crippen molar-refractivity contribution in [1.82, 2.24) is 15.3 Å². The molecule has 1 unspecified atom stereocenters. The molecule has 1 aliphatic rings. The zero-order valence-corrected chi connectivity index (χ0v) is 12.7. The van der Waals surface area contributed by atoms with Gasteiger partial charge in [-0.05, 0) is 36.5 Å². The molecule has 1 aromatic carbocycles. The highest BCUT2D eigenvalue weighted by atomic mass is 15.1. The van der Waals surface area contributed by atoms with Gasteiger partial charge in [-0.15, -0.1) is 0 Å². The van der Waals surface area contributed by atoms with Crippen molar-refractivity contribution < 1.29 is 0 Å². The highest BCUT2D eigenvalue weighted by Crippen LogP contribution is 2.35. The summed E-state index contributed by atoms with van der Waals surface area (Å²) in [7, 11) is 0. The summed E-state index contributed by atoms with van der Waals surface area (Å²) >= 11 is 0. The Balaban J connectivity index is 2.16. The minimum absolute atomic E-state index is 0.192. The van der Waals surface area contributed by atoms with E-state index in [4.69, 9.17) is 0 Å². The summed E-state index contributed by atoms with van der Waals surface area (Å²) in [5.41, 5.74) is 6.27. The van der Waals surface area contributed by atoms with Gasteiger partial charge in [-0.2, -0.15) is 0 Å². The number of hydrogen-bond acceptors (Lipinski definition) is 2. The minimum Gasteiger partial charge on any atom is -0.348 e. The fourth-order valence-corrected chi connectivity index (χ4v) is 3.22. The normalized spacial score (nSPS) is 22.1. The Hall–Kier alpha value is -1.61. The van der Waals surface area contributed by atoms with Crippen molar-refractivity contribution in [3.05, 3.63) is 52.6 Å². The highest BCUT2D eigenvalue weighted by Gasteiger charge is 2.36. The maximum atomic E-state index is 4.58. The van der Waals surface area contributed by atoms with Crippen LogP contribution in [0.3, 0.4) is 0 Å². The molecule has 3 rings (SSSR count). The Morgan fingerprint density at radius 1 is 1.30 bits per heavy atom. The smallest absolute Gasteiger partial charge is 0.0926 e. The van der Waals surface area contributed by atoms with E-state index in [-0.39, 0.29) is 5.54 Å². The Kier molecular flexibility index (Phi) is 3.17. The van der Waals surface area contributed by atoms with Crippen LogP contribution in [-0.4, -0.2) is 16.5 Å². The van der Waals surface area contributed by atoms with Crippen LogP contribution in [0.4, 0.5) is 0 Å². The lowest BCUT2D eigenvalue weighted by Crippen LogP contribution is -2.46. The summed E-state index contributed by atoms with van der Waals surface area (Å²) < 4.78 is 0. The highest BCUT2D eigenvalue weighted by molar-refractivity contribution is 5.44. The zero-order chi connectivity index (χ0) is 14.3. The van der Waals surface area contributed by atoms with E-state index in [2.05, 4.69) is 61.2 Å². The monoisotopic (exact) mass is 269 g/mol. The summed E-state index contributed by atoms with van der Waals surface area (Å²) in [4.78, 5) is 7.87. The van der Waals surface area contributed by atoms with E-state index in [1.54, 1.807) is 0 Å². The number of hydrogen-bond donors (Lipinski definition) is 2. The van der Waals surface area contributed by atoms with Gasteiger partial charge in [0.1, 0.15) is 0 Å². The van der Waals surface area contributed by atoms with Gasteiger partial charge in [0.05, 0.1) is 17.6 Å². The molecule has 2 N–H and O–H groups in total. The predicted octanol–water partition coefficient (Wildman–Crippen LogP) is 3.25. The number of rotatable bonds is 2. The average Bonchev–Trinajstić information content (AvgIpc) is 2.89. The molecule has 3 heteroatoms. The van der Waals surface area contributed by atoms with Crippen LogP contribution in [0.1, 0.15) is 54.8 Å². The van der Waals surface area contributed by atoms with Crippen LogP contribution in [0.15, 0.2) is 24.5 Å². The quantitative estimate of drug-likeness (QED) is 0.878. The van der Waals surface area contributed by atoms with E-state index in [0.717, 1.165) is 18.7 Å². The molecule has 0 saturated heterocycles. The van der Waals surface area contributed by atoms with Gasteiger partial charge in [0, 0.05) is 18.7 Å². The maximum Gasteiger partial charge on any atom is 0.0926 e. The van der Waals surface area contributed by atoms with Crippen molar-refractivity contribution in [3.8, 4) is 0 Å². The van der Waals surface area contributed by atoms with Gasteiger partial charge in [0.2, 0.25) is 0 Å². The van der Waals surface area contributed by atoms with Crippen molar-refractivity contribution in [2.75, 3.05) is 6.54 Å². The first-order valence-electron chi connectivity index (χ1n) is 7.41. The third-order valence-electron chi connectivity index (χ3n) is 4.51. The zero-order valence-electron chi connectivity index (χ0n) is 12.7. The maximum absolute atomic E-state index is 4.58. The van der Waals surface area contributed by atoms with E-state index in [1.165, 1.54) is 22.4 Å². The van der Waals surface area contributed by atoms with Crippen molar-refractivity contribution in [3.63, 3.8) is 0 Å². The lowest BCUT2D eigenvalue weighted by Gasteiger charge is -2.36. The van der Waals surface area contributed by atoms with Crippen LogP contribution in [0.25, 0.3) is 0 Å². The van der Waals surface area contributed by atoms with Crippen molar-refractivity contribution in [2.45, 2.75) is 45.6 Å².